The van der Waals surface area contributed by atoms with Crippen molar-refractivity contribution in [3.8, 4) is 0 Å². The van der Waals surface area contributed by atoms with Gasteiger partial charge in [0.1, 0.15) is 6.04 Å². The van der Waals surface area contributed by atoms with E-state index in [1.807, 2.05) is 0 Å². The number of carbonyl (C=O) groups is 2. The predicted molar refractivity (Wildman–Crippen MR) is 75.0 cm³/mol. The number of rotatable bonds is 4. The zero-order valence-corrected chi connectivity index (χ0v) is 12.0. The predicted octanol–water partition coefficient (Wildman–Crippen LogP) is -0.360. The number of likely N-dealkylation sites (tertiary alicyclic amines) is 1. The van der Waals surface area contributed by atoms with Crippen LogP contribution in [-0.2, 0) is 9.59 Å². The summed E-state index contributed by atoms with van der Waals surface area (Å²) in [6, 6.07) is -0.946. The van der Waals surface area contributed by atoms with Gasteiger partial charge in [0.15, 0.2) is 0 Å². The van der Waals surface area contributed by atoms with Crippen LogP contribution in [0.15, 0.2) is 0 Å². The van der Waals surface area contributed by atoms with Gasteiger partial charge in [-0.05, 0) is 25.7 Å². The van der Waals surface area contributed by atoms with E-state index in [0.29, 0.717) is 38.6 Å². The van der Waals surface area contributed by atoms with E-state index in [0.717, 1.165) is 6.42 Å². The van der Waals surface area contributed by atoms with E-state index in [1.54, 1.807) is 0 Å². The van der Waals surface area contributed by atoms with Crippen LogP contribution < -0.4 is 11.1 Å². The number of carbonyl (C=O) groups excluding carboxylic acids is 2. The van der Waals surface area contributed by atoms with Crippen LogP contribution in [0.25, 0.3) is 0 Å². The van der Waals surface area contributed by atoms with Crippen molar-refractivity contribution < 1.29 is 14.5 Å². The summed E-state index contributed by atoms with van der Waals surface area (Å²) in [5.41, 5.74) is 5.36. The van der Waals surface area contributed by atoms with Gasteiger partial charge in [-0.1, -0.05) is 0 Å². The first-order valence-corrected chi connectivity index (χ1v) is 7.46. The van der Waals surface area contributed by atoms with Crippen LogP contribution in [-0.4, -0.2) is 52.9 Å². The number of hydrogen-bond donors (Lipinski definition) is 2. The third kappa shape index (κ3) is 3.69. The molecule has 3 N–H and O–H groups in total. The van der Waals surface area contributed by atoms with Crippen molar-refractivity contribution in [2.24, 2.45) is 5.73 Å². The van der Waals surface area contributed by atoms with Gasteiger partial charge in [0, 0.05) is 30.4 Å². The van der Waals surface area contributed by atoms with Gasteiger partial charge in [0.2, 0.25) is 17.9 Å². The molecule has 1 aliphatic heterocycles. The molecule has 21 heavy (non-hydrogen) atoms. The number of nitrogens with zero attached hydrogens (tertiary/aromatic N) is 2. The maximum Gasteiger partial charge on any atom is 0.243 e. The lowest BCUT2D eigenvalue weighted by molar-refractivity contribution is -0.526. The van der Waals surface area contributed by atoms with Crippen LogP contribution in [0.1, 0.15) is 38.5 Å². The largest absolute Gasteiger partial charge is 0.352 e. The van der Waals surface area contributed by atoms with Crippen molar-refractivity contribution in [1.82, 2.24) is 10.2 Å². The molecule has 0 spiro atoms. The van der Waals surface area contributed by atoms with E-state index in [9.17, 15) is 19.7 Å². The SMILES string of the molecule is NCC(=O)N1CCCC1C(=O)NC1CCC([N+](=O)[O-])CC1. The lowest BCUT2D eigenvalue weighted by Gasteiger charge is -2.28. The molecule has 8 heteroatoms. The van der Waals surface area contributed by atoms with E-state index in [1.165, 1.54) is 4.90 Å². The van der Waals surface area contributed by atoms with Crippen LogP contribution in [0.4, 0.5) is 0 Å². The van der Waals surface area contributed by atoms with Crippen LogP contribution in [0.5, 0.6) is 0 Å². The molecule has 0 aromatic heterocycles. The number of nitro groups is 1. The summed E-state index contributed by atoms with van der Waals surface area (Å²) in [7, 11) is 0. The molecule has 0 bridgehead atoms. The topological polar surface area (TPSA) is 119 Å². The number of nitrogens with one attached hydrogen (secondary N) is 1. The molecular formula is C13H22N4O4. The van der Waals surface area contributed by atoms with Gasteiger partial charge in [0.05, 0.1) is 6.54 Å². The smallest absolute Gasteiger partial charge is 0.243 e. The molecule has 1 saturated carbocycles. The molecule has 2 amide bonds. The van der Waals surface area contributed by atoms with E-state index in [-0.39, 0.29) is 29.3 Å². The fourth-order valence-corrected chi connectivity index (χ4v) is 3.18. The Morgan fingerprint density at radius 2 is 1.90 bits per heavy atom. The second kappa shape index (κ2) is 6.84. The van der Waals surface area contributed by atoms with Crippen molar-refractivity contribution in [1.29, 1.82) is 0 Å². The van der Waals surface area contributed by atoms with Crippen LogP contribution >= 0.6 is 0 Å². The summed E-state index contributed by atoms with van der Waals surface area (Å²) in [6.45, 7) is 0.486. The van der Waals surface area contributed by atoms with Crippen LogP contribution in [0.2, 0.25) is 0 Å². The summed E-state index contributed by atoms with van der Waals surface area (Å²) < 4.78 is 0. The summed E-state index contributed by atoms with van der Waals surface area (Å²) in [5, 5.41) is 13.6. The highest BCUT2D eigenvalue weighted by Gasteiger charge is 2.35. The molecule has 0 radical (unpaired) electrons. The minimum Gasteiger partial charge on any atom is -0.352 e. The zero-order chi connectivity index (χ0) is 15.4. The Morgan fingerprint density at radius 3 is 2.48 bits per heavy atom. The van der Waals surface area contributed by atoms with Crippen LogP contribution in [0.3, 0.4) is 0 Å². The molecular weight excluding hydrogens is 276 g/mol. The second-order valence-electron chi connectivity index (χ2n) is 5.75. The van der Waals surface area contributed by atoms with Gasteiger partial charge in [-0.3, -0.25) is 19.7 Å². The Hall–Kier alpha value is -1.70. The van der Waals surface area contributed by atoms with E-state index < -0.39 is 12.1 Å². The first-order valence-electron chi connectivity index (χ1n) is 7.46. The van der Waals surface area contributed by atoms with Gasteiger partial charge in [-0.15, -0.1) is 0 Å². The Labute approximate surface area is 123 Å². The average molecular weight is 298 g/mol. The van der Waals surface area contributed by atoms with Gasteiger partial charge in [0.25, 0.3) is 0 Å². The number of amides is 2. The lowest BCUT2D eigenvalue weighted by atomic mass is 9.91. The number of nitrogens with two attached hydrogens (primary N) is 1. The Morgan fingerprint density at radius 1 is 1.24 bits per heavy atom. The van der Waals surface area contributed by atoms with Crippen molar-refractivity contribution in [3.63, 3.8) is 0 Å². The van der Waals surface area contributed by atoms with Crippen LogP contribution in [0, 0.1) is 10.1 Å². The standard InChI is InChI=1S/C13H22N4O4/c14-8-12(18)16-7-1-2-11(16)13(19)15-9-3-5-10(6-4-9)17(20)21/h9-11H,1-8,14H2,(H,15,19). The molecule has 2 aliphatic rings. The molecule has 8 nitrogen and oxygen atoms in total. The third-order valence-electron chi connectivity index (χ3n) is 4.39. The molecule has 1 heterocycles. The van der Waals surface area contributed by atoms with Crippen molar-refractivity contribution in [3.05, 3.63) is 10.1 Å². The first-order chi connectivity index (χ1) is 10.0. The fraction of sp³-hybridized carbons (Fsp3) is 0.846. The van der Waals surface area contributed by atoms with E-state index >= 15 is 0 Å². The zero-order valence-electron chi connectivity index (χ0n) is 12.0. The molecule has 2 fully saturated rings. The third-order valence-corrected chi connectivity index (χ3v) is 4.39. The van der Waals surface area contributed by atoms with Crippen molar-refractivity contribution >= 4 is 11.8 Å². The van der Waals surface area contributed by atoms with E-state index in [2.05, 4.69) is 5.32 Å². The lowest BCUT2D eigenvalue weighted by Crippen LogP contribution is -2.51. The summed E-state index contributed by atoms with van der Waals surface area (Å²) >= 11 is 0. The van der Waals surface area contributed by atoms with Crippen molar-refractivity contribution in [2.45, 2.75) is 56.7 Å². The van der Waals surface area contributed by atoms with Gasteiger partial charge < -0.3 is 16.0 Å². The highest BCUT2D eigenvalue weighted by Crippen LogP contribution is 2.22. The monoisotopic (exact) mass is 298 g/mol. The second-order valence-corrected chi connectivity index (χ2v) is 5.75. The normalized spacial score (nSPS) is 29.2. The quantitative estimate of drug-likeness (QED) is 0.542. The van der Waals surface area contributed by atoms with Gasteiger partial charge in [-0.25, -0.2) is 0 Å². The summed E-state index contributed by atoms with van der Waals surface area (Å²) in [5.74, 6) is -0.358. The van der Waals surface area contributed by atoms with Gasteiger partial charge >= 0.3 is 0 Å². The first kappa shape index (κ1) is 15.7. The molecule has 0 aromatic carbocycles. The Kier molecular flexibility index (Phi) is 5.11. The maximum absolute atomic E-state index is 12.3. The maximum atomic E-state index is 12.3. The summed E-state index contributed by atoms with van der Waals surface area (Å²) in [6.07, 6.45) is 3.69. The Bertz CT molecular complexity index is 420. The Balaban J connectivity index is 1.84. The number of hydrogen-bond acceptors (Lipinski definition) is 5. The minimum atomic E-state index is -0.486. The van der Waals surface area contributed by atoms with Crippen molar-refractivity contribution in [2.75, 3.05) is 13.1 Å². The molecule has 1 saturated heterocycles. The highest BCUT2D eigenvalue weighted by atomic mass is 16.6. The molecule has 1 aliphatic carbocycles. The highest BCUT2D eigenvalue weighted by molar-refractivity contribution is 5.89. The summed E-state index contributed by atoms with van der Waals surface area (Å²) in [4.78, 5) is 36.0. The minimum absolute atomic E-state index is 0.0240. The molecule has 2 rings (SSSR count). The average Bonchev–Trinajstić information content (AvgIpc) is 2.96. The molecule has 0 aromatic rings. The fourth-order valence-electron chi connectivity index (χ4n) is 3.18. The van der Waals surface area contributed by atoms with E-state index in [4.69, 9.17) is 5.73 Å². The van der Waals surface area contributed by atoms with Gasteiger partial charge in [-0.2, -0.15) is 0 Å². The molecule has 118 valence electrons. The molecule has 1 atom stereocenters. The molecule has 1 unspecified atom stereocenters.